The zero-order chi connectivity index (χ0) is 21.5. The average molecular weight is 520 g/mol. The molecule has 1 aliphatic rings. The molecule has 1 nitrogen and oxygen atoms in total. The molecule has 4 rings (SSSR count). The Kier molecular flexibility index (Phi) is 6.70. The minimum Gasteiger partial charge on any atom is -0.369 e. The third kappa shape index (κ3) is 3.90. The molecule has 0 bridgehead atoms. The summed E-state index contributed by atoms with van der Waals surface area (Å²) in [5.74, 6) is 0. The van der Waals surface area contributed by atoms with E-state index in [2.05, 4.69) is 4.90 Å². The standard InChI is InChI=1S/C23H17Cl6N/c24-14-4-1-5-15(25)20(14)23(21-16(26)6-2-7-17(21)27)10-12-30(13-11-23)22-18(28)8-3-9-19(22)29/h1-9H,10-13H2. The predicted octanol–water partition coefficient (Wildman–Crippen LogP) is 9.19. The van der Waals surface area contributed by atoms with E-state index in [0.717, 1.165) is 16.8 Å². The maximum atomic E-state index is 6.68. The monoisotopic (exact) mass is 517 g/mol. The molecule has 0 aliphatic carbocycles. The van der Waals surface area contributed by atoms with E-state index >= 15 is 0 Å². The third-order valence-electron chi connectivity index (χ3n) is 5.75. The van der Waals surface area contributed by atoms with Crippen LogP contribution in [-0.2, 0) is 5.41 Å². The van der Waals surface area contributed by atoms with Crippen molar-refractivity contribution >= 4 is 75.3 Å². The Morgan fingerprint density at radius 1 is 0.533 bits per heavy atom. The van der Waals surface area contributed by atoms with E-state index in [1.165, 1.54) is 0 Å². The number of para-hydroxylation sites is 1. The van der Waals surface area contributed by atoms with Crippen molar-refractivity contribution in [2.45, 2.75) is 18.3 Å². The van der Waals surface area contributed by atoms with Crippen molar-refractivity contribution in [2.75, 3.05) is 18.0 Å². The quantitative estimate of drug-likeness (QED) is 0.333. The van der Waals surface area contributed by atoms with Crippen LogP contribution < -0.4 is 4.90 Å². The maximum Gasteiger partial charge on any atom is 0.0744 e. The average Bonchev–Trinajstić information content (AvgIpc) is 2.69. The molecule has 0 aromatic heterocycles. The third-order valence-corrected chi connectivity index (χ3v) is 7.62. The highest BCUT2D eigenvalue weighted by Gasteiger charge is 2.43. The van der Waals surface area contributed by atoms with E-state index in [1.807, 2.05) is 54.6 Å². The molecule has 0 amide bonds. The fraction of sp³-hybridized carbons (Fsp3) is 0.217. The lowest BCUT2D eigenvalue weighted by Crippen LogP contribution is -2.44. The van der Waals surface area contributed by atoms with Gasteiger partial charge in [0.15, 0.2) is 0 Å². The number of hydrogen-bond acceptors (Lipinski definition) is 1. The van der Waals surface area contributed by atoms with Crippen LogP contribution in [0.1, 0.15) is 24.0 Å². The second kappa shape index (κ2) is 8.98. The number of anilines is 1. The molecule has 1 fully saturated rings. The van der Waals surface area contributed by atoms with Crippen molar-refractivity contribution in [3.63, 3.8) is 0 Å². The van der Waals surface area contributed by atoms with Crippen LogP contribution in [0.2, 0.25) is 30.1 Å². The molecule has 1 aliphatic heterocycles. The predicted molar refractivity (Wildman–Crippen MR) is 132 cm³/mol. The lowest BCUT2D eigenvalue weighted by Gasteiger charge is -2.45. The molecule has 0 atom stereocenters. The Labute approximate surface area is 206 Å². The molecule has 1 saturated heterocycles. The van der Waals surface area contributed by atoms with Crippen LogP contribution in [-0.4, -0.2) is 13.1 Å². The number of nitrogens with zero attached hydrogens (tertiary/aromatic N) is 1. The number of rotatable bonds is 3. The molecular formula is C23H17Cl6N. The fourth-order valence-electron chi connectivity index (χ4n) is 4.44. The number of piperidine rings is 1. The van der Waals surface area contributed by atoms with Gasteiger partial charge in [0, 0.05) is 49.7 Å². The number of halogens is 6. The van der Waals surface area contributed by atoms with Crippen molar-refractivity contribution in [1.82, 2.24) is 0 Å². The Morgan fingerprint density at radius 3 is 1.23 bits per heavy atom. The number of benzene rings is 3. The van der Waals surface area contributed by atoms with E-state index < -0.39 is 5.41 Å². The molecule has 7 heteroatoms. The van der Waals surface area contributed by atoms with Gasteiger partial charge in [-0.3, -0.25) is 0 Å². The van der Waals surface area contributed by atoms with Gasteiger partial charge in [-0.2, -0.15) is 0 Å². The van der Waals surface area contributed by atoms with Gasteiger partial charge in [-0.05, 0) is 49.2 Å². The summed E-state index contributed by atoms with van der Waals surface area (Å²) in [4.78, 5) is 2.19. The molecule has 0 spiro atoms. The topological polar surface area (TPSA) is 3.24 Å². The van der Waals surface area contributed by atoms with Crippen LogP contribution in [0.4, 0.5) is 5.69 Å². The van der Waals surface area contributed by atoms with E-state index in [0.29, 0.717) is 56.1 Å². The van der Waals surface area contributed by atoms with Crippen LogP contribution in [0.15, 0.2) is 54.6 Å². The van der Waals surface area contributed by atoms with Gasteiger partial charge < -0.3 is 4.90 Å². The van der Waals surface area contributed by atoms with E-state index in [4.69, 9.17) is 69.6 Å². The van der Waals surface area contributed by atoms with Gasteiger partial charge in [0.2, 0.25) is 0 Å². The first kappa shape index (κ1) is 22.4. The summed E-state index contributed by atoms with van der Waals surface area (Å²) in [5.41, 5.74) is 2.01. The lowest BCUT2D eigenvalue weighted by atomic mass is 9.67. The van der Waals surface area contributed by atoms with Gasteiger partial charge >= 0.3 is 0 Å². The van der Waals surface area contributed by atoms with Gasteiger partial charge in [-0.25, -0.2) is 0 Å². The second-order valence-electron chi connectivity index (χ2n) is 7.33. The Morgan fingerprint density at radius 2 is 0.867 bits per heavy atom. The molecule has 0 saturated carbocycles. The highest BCUT2D eigenvalue weighted by molar-refractivity contribution is 6.39. The molecule has 3 aromatic carbocycles. The molecular weight excluding hydrogens is 503 g/mol. The van der Waals surface area contributed by atoms with Crippen LogP contribution >= 0.6 is 69.6 Å². The van der Waals surface area contributed by atoms with Crippen molar-refractivity contribution in [2.24, 2.45) is 0 Å². The SMILES string of the molecule is Clc1cccc(Cl)c1N1CCC(c2c(Cl)cccc2Cl)(c2c(Cl)cccc2Cl)CC1. The van der Waals surface area contributed by atoms with Gasteiger partial charge in [0.1, 0.15) is 0 Å². The fourth-order valence-corrected chi connectivity index (χ4v) is 6.59. The first-order valence-electron chi connectivity index (χ1n) is 9.43. The van der Waals surface area contributed by atoms with E-state index in [1.54, 1.807) is 0 Å². The first-order valence-corrected chi connectivity index (χ1v) is 11.7. The Bertz CT molecular complexity index is 975. The van der Waals surface area contributed by atoms with Gasteiger partial charge in [0.25, 0.3) is 0 Å². The van der Waals surface area contributed by atoms with Crippen molar-refractivity contribution in [1.29, 1.82) is 0 Å². The zero-order valence-electron chi connectivity index (χ0n) is 15.7. The van der Waals surface area contributed by atoms with Gasteiger partial charge in [0.05, 0.1) is 15.7 Å². The van der Waals surface area contributed by atoms with Crippen LogP contribution in [0.5, 0.6) is 0 Å². The zero-order valence-corrected chi connectivity index (χ0v) is 20.3. The minimum absolute atomic E-state index is 0.533. The van der Waals surface area contributed by atoms with Crippen molar-refractivity contribution < 1.29 is 0 Å². The summed E-state index contributed by atoms with van der Waals surface area (Å²) >= 11 is 39.7. The lowest BCUT2D eigenvalue weighted by molar-refractivity contribution is 0.393. The smallest absolute Gasteiger partial charge is 0.0744 e. The summed E-state index contributed by atoms with van der Waals surface area (Å²) in [6.45, 7) is 1.37. The van der Waals surface area contributed by atoms with Crippen molar-refractivity contribution in [3.05, 3.63) is 95.9 Å². The van der Waals surface area contributed by atoms with Crippen LogP contribution in [0.25, 0.3) is 0 Å². The molecule has 30 heavy (non-hydrogen) atoms. The summed E-state index contributed by atoms with van der Waals surface area (Å²) in [6, 6.07) is 16.6. The minimum atomic E-state index is -0.533. The molecule has 3 aromatic rings. The first-order chi connectivity index (χ1) is 14.3. The van der Waals surface area contributed by atoms with E-state index in [9.17, 15) is 0 Å². The summed E-state index contributed by atoms with van der Waals surface area (Å²) in [7, 11) is 0. The second-order valence-corrected chi connectivity index (χ2v) is 9.78. The van der Waals surface area contributed by atoms with Gasteiger partial charge in [-0.1, -0.05) is 87.8 Å². The molecule has 156 valence electrons. The van der Waals surface area contributed by atoms with Crippen LogP contribution in [0, 0.1) is 0 Å². The highest BCUT2D eigenvalue weighted by Crippen LogP contribution is 2.52. The number of hydrogen-bond donors (Lipinski definition) is 0. The van der Waals surface area contributed by atoms with Crippen LogP contribution in [0.3, 0.4) is 0 Å². The molecule has 0 unspecified atom stereocenters. The Balaban J connectivity index is 1.84. The largest absolute Gasteiger partial charge is 0.369 e. The normalized spacial score (nSPS) is 16.0. The Hall–Kier alpha value is -0.800. The highest BCUT2D eigenvalue weighted by atomic mass is 35.5. The van der Waals surface area contributed by atoms with Crippen molar-refractivity contribution in [3.8, 4) is 0 Å². The maximum absolute atomic E-state index is 6.68. The van der Waals surface area contributed by atoms with Gasteiger partial charge in [-0.15, -0.1) is 0 Å². The summed E-state index contributed by atoms with van der Waals surface area (Å²) < 4.78 is 0. The molecule has 0 N–H and O–H groups in total. The molecule has 0 radical (unpaired) electrons. The molecule has 1 heterocycles. The van der Waals surface area contributed by atoms with E-state index in [-0.39, 0.29) is 0 Å². The summed E-state index contributed by atoms with van der Waals surface area (Å²) in [6.07, 6.45) is 1.39. The summed E-state index contributed by atoms with van der Waals surface area (Å²) in [5, 5.41) is 3.65.